The lowest BCUT2D eigenvalue weighted by Gasteiger charge is -2.11. The van der Waals surface area contributed by atoms with Crippen LogP contribution in [0.4, 0.5) is 15.8 Å². The molecule has 4 aromatic rings. The van der Waals surface area contributed by atoms with Gasteiger partial charge in [-0.05, 0) is 60.7 Å². The van der Waals surface area contributed by atoms with Crippen LogP contribution in [0.2, 0.25) is 0 Å². The third kappa shape index (κ3) is 4.65. The number of amidine groups is 1. The summed E-state index contributed by atoms with van der Waals surface area (Å²) in [6.45, 7) is 2.79. The fourth-order valence-electron chi connectivity index (χ4n) is 4.12. The van der Waals surface area contributed by atoms with Gasteiger partial charge in [-0.15, -0.1) is 0 Å². The molecule has 180 valence electrons. The normalized spacial score (nSPS) is 15.9. The third-order valence-corrected chi connectivity index (χ3v) is 6.84. The minimum Gasteiger partial charge on any atom is -0.342 e. The molecule has 0 N–H and O–H groups in total. The lowest BCUT2D eigenvalue weighted by atomic mass is 10.1. The van der Waals surface area contributed by atoms with Gasteiger partial charge in [-0.25, -0.2) is 9.38 Å². The quantitative estimate of drug-likeness (QED) is 0.175. The van der Waals surface area contributed by atoms with Gasteiger partial charge in [0.15, 0.2) is 5.17 Å². The molecule has 0 spiro atoms. The Hall–Kier alpha value is -4.24. The van der Waals surface area contributed by atoms with E-state index in [9.17, 15) is 19.3 Å². The van der Waals surface area contributed by atoms with Gasteiger partial charge in [0.05, 0.1) is 15.5 Å². The number of benzene rings is 3. The van der Waals surface area contributed by atoms with Crippen molar-refractivity contribution < 1.29 is 14.1 Å². The molecule has 3 aromatic carbocycles. The van der Waals surface area contributed by atoms with Crippen molar-refractivity contribution >= 4 is 51.2 Å². The number of rotatable bonds is 6. The molecule has 0 saturated carbocycles. The zero-order valence-corrected chi connectivity index (χ0v) is 20.1. The monoisotopic (exact) mass is 500 g/mol. The van der Waals surface area contributed by atoms with Crippen LogP contribution >= 0.6 is 11.8 Å². The molecule has 0 bridgehead atoms. The second-order valence-corrected chi connectivity index (χ2v) is 9.20. The van der Waals surface area contributed by atoms with Crippen molar-refractivity contribution in [2.24, 2.45) is 4.99 Å². The van der Waals surface area contributed by atoms with Crippen LogP contribution < -0.4 is 0 Å². The van der Waals surface area contributed by atoms with Crippen LogP contribution in [-0.4, -0.2) is 32.0 Å². The third-order valence-electron chi connectivity index (χ3n) is 5.84. The minimum absolute atomic E-state index is 0.0480. The number of para-hydroxylation sites is 1. The highest BCUT2D eigenvalue weighted by Gasteiger charge is 2.32. The van der Waals surface area contributed by atoms with Crippen molar-refractivity contribution in [2.75, 3.05) is 6.54 Å². The maximum atomic E-state index is 13.3. The fourth-order valence-corrected chi connectivity index (χ4v) is 5.18. The van der Waals surface area contributed by atoms with E-state index >= 15 is 0 Å². The highest BCUT2D eigenvalue weighted by Crippen LogP contribution is 2.35. The number of aromatic nitrogens is 1. The summed E-state index contributed by atoms with van der Waals surface area (Å²) in [5, 5.41) is 12.7. The van der Waals surface area contributed by atoms with Crippen molar-refractivity contribution in [3.63, 3.8) is 0 Å². The van der Waals surface area contributed by atoms with Gasteiger partial charge in [0.1, 0.15) is 5.82 Å². The van der Waals surface area contributed by atoms with E-state index in [0.29, 0.717) is 28.8 Å². The Morgan fingerprint density at radius 1 is 1.08 bits per heavy atom. The molecule has 36 heavy (non-hydrogen) atoms. The zero-order chi connectivity index (χ0) is 25.2. The molecule has 2 heterocycles. The molecule has 1 aromatic heterocycles. The van der Waals surface area contributed by atoms with Crippen LogP contribution in [0.25, 0.3) is 17.0 Å². The summed E-state index contributed by atoms with van der Waals surface area (Å²) in [5.41, 5.74) is 3.25. The summed E-state index contributed by atoms with van der Waals surface area (Å²) in [6.07, 6.45) is 3.81. The molecule has 1 aliphatic rings. The Bertz CT molecular complexity index is 1540. The van der Waals surface area contributed by atoms with E-state index in [2.05, 4.69) is 4.99 Å². The summed E-state index contributed by atoms with van der Waals surface area (Å²) in [5.74, 6) is -0.484. The molecule has 7 nitrogen and oxygen atoms in total. The topological polar surface area (TPSA) is 80.7 Å². The summed E-state index contributed by atoms with van der Waals surface area (Å²) >= 11 is 1.28. The molecule has 0 radical (unpaired) electrons. The van der Waals surface area contributed by atoms with E-state index in [1.54, 1.807) is 29.2 Å². The molecule has 0 atom stereocenters. The molecule has 5 rings (SSSR count). The number of nitro groups is 1. The number of amides is 1. The SMILES string of the molecule is CCN1C(=O)/C(=C\c2cn(Cc3cccc([N+](=O)[O-])c3)c3ccccc23)SC1=Nc1ccc(F)cc1. The summed E-state index contributed by atoms with van der Waals surface area (Å²) in [7, 11) is 0. The molecular weight excluding hydrogens is 479 g/mol. The summed E-state index contributed by atoms with van der Waals surface area (Å²) in [6, 6.07) is 20.2. The average molecular weight is 501 g/mol. The van der Waals surface area contributed by atoms with Crippen LogP contribution in [0.1, 0.15) is 18.1 Å². The molecule has 1 amide bonds. The Morgan fingerprint density at radius 3 is 2.61 bits per heavy atom. The minimum atomic E-state index is -0.402. The first-order valence-electron chi connectivity index (χ1n) is 11.3. The Balaban J connectivity index is 1.50. The smallest absolute Gasteiger partial charge is 0.269 e. The van der Waals surface area contributed by atoms with Gasteiger partial charge < -0.3 is 4.57 Å². The molecule has 9 heteroatoms. The number of hydrogen-bond donors (Lipinski definition) is 0. The standard InChI is InChI=1S/C27H21FN4O3S/c1-2-31-26(33)25(36-27(31)29-21-12-10-20(28)11-13-21)15-19-17-30(24-9-4-3-8-23(19)24)16-18-6-5-7-22(14-18)32(34)35/h3-15,17H,2,16H2,1H3/b25-15+,29-27?. The lowest BCUT2D eigenvalue weighted by molar-refractivity contribution is -0.384. The molecule has 0 unspecified atom stereocenters. The predicted molar refractivity (Wildman–Crippen MR) is 141 cm³/mol. The van der Waals surface area contributed by atoms with Crippen molar-refractivity contribution in [3.05, 3.63) is 111 Å². The van der Waals surface area contributed by atoms with Crippen LogP contribution in [0.15, 0.2) is 88.9 Å². The van der Waals surface area contributed by atoms with Gasteiger partial charge in [-0.2, -0.15) is 0 Å². The van der Waals surface area contributed by atoms with Crippen molar-refractivity contribution in [1.29, 1.82) is 0 Å². The average Bonchev–Trinajstić information content (AvgIpc) is 3.37. The van der Waals surface area contributed by atoms with E-state index < -0.39 is 4.92 Å². The van der Waals surface area contributed by atoms with E-state index in [4.69, 9.17) is 0 Å². The molecule has 1 aliphatic heterocycles. The molecule has 1 saturated heterocycles. The van der Waals surface area contributed by atoms with Gasteiger partial charge in [0.2, 0.25) is 0 Å². The Kier molecular flexibility index (Phi) is 6.39. The number of hydrogen-bond acceptors (Lipinski definition) is 5. The fraction of sp³-hybridized carbons (Fsp3) is 0.111. The van der Waals surface area contributed by atoms with Gasteiger partial charge >= 0.3 is 0 Å². The number of non-ortho nitro benzene ring substituents is 1. The van der Waals surface area contributed by atoms with Crippen LogP contribution in [-0.2, 0) is 11.3 Å². The first kappa shape index (κ1) is 23.5. The van der Waals surface area contributed by atoms with Crippen molar-refractivity contribution in [1.82, 2.24) is 9.47 Å². The number of likely N-dealkylation sites (N-methyl/N-ethyl adjacent to an activating group) is 1. The zero-order valence-electron chi connectivity index (χ0n) is 19.3. The number of aliphatic imine (C=N–C) groups is 1. The number of halogens is 1. The van der Waals surface area contributed by atoms with E-state index in [0.717, 1.165) is 22.0 Å². The Morgan fingerprint density at radius 2 is 1.86 bits per heavy atom. The van der Waals surface area contributed by atoms with E-state index in [-0.39, 0.29) is 17.4 Å². The van der Waals surface area contributed by atoms with Crippen molar-refractivity contribution in [3.8, 4) is 0 Å². The second kappa shape index (κ2) is 9.79. The maximum Gasteiger partial charge on any atom is 0.269 e. The first-order chi connectivity index (χ1) is 17.4. The molecule has 1 fully saturated rings. The highest BCUT2D eigenvalue weighted by atomic mass is 32.2. The van der Waals surface area contributed by atoms with Crippen LogP contribution in [0.5, 0.6) is 0 Å². The van der Waals surface area contributed by atoms with Gasteiger partial charge in [0.25, 0.3) is 11.6 Å². The number of nitro benzene ring substituents is 1. The molecular formula is C27H21FN4O3S. The van der Waals surface area contributed by atoms with E-state index in [1.807, 2.05) is 54.1 Å². The second-order valence-electron chi connectivity index (χ2n) is 8.19. The van der Waals surface area contributed by atoms with Crippen LogP contribution in [0.3, 0.4) is 0 Å². The van der Waals surface area contributed by atoms with Crippen molar-refractivity contribution in [2.45, 2.75) is 13.5 Å². The highest BCUT2D eigenvalue weighted by molar-refractivity contribution is 8.18. The van der Waals surface area contributed by atoms with E-state index in [1.165, 1.54) is 30.0 Å². The number of fused-ring (bicyclic) bond motifs is 1. The largest absolute Gasteiger partial charge is 0.342 e. The number of carbonyl (C=O) groups is 1. The number of nitrogens with zero attached hydrogens (tertiary/aromatic N) is 4. The number of thioether (sulfide) groups is 1. The van der Waals surface area contributed by atoms with Gasteiger partial charge in [-0.3, -0.25) is 19.8 Å². The number of carbonyl (C=O) groups excluding carboxylic acids is 1. The van der Waals surface area contributed by atoms with Gasteiger partial charge in [-0.1, -0.05) is 30.3 Å². The van der Waals surface area contributed by atoms with Crippen LogP contribution in [0, 0.1) is 15.9 Å². The predicted octanol–water partition coefficient (Wildman–Crippen LogP) is 6.36. The summed E-state index contributed by atoms with van der Waals surface area (Å²) in [4.78, 5) is 30.6. The summed E-state index contributed by atoms with van der Waals surface area (Å²) < 4.78 is 15.3. The molecule has 0 aliphatic carbocycles. The lowest BCUT2D eigenvalue weighted by Crippen LogP contribution is -2.28. The Labute approximate surface area is 210 Å². The van der Waals surface area contributed by atoms with Gasteiger partial charge in [0, 0.05) is 47.9 Å². The first-order valence-corrected chi connectivity index (χ1v) is 12.1. The maximum absolute atomic E-state index is 13.3.